The third-order valence-electron chi connectivity index (χ3n) is 4.81. The van der Waals surface area contributed by atoms with Crippen LogP contribution in [0.25, 0.3) is 10.9 Å². The Kier molecular flexibility index (Phi) is 3.92. The summed E-state index contributed by atoms with van der Waals surface area (Å²) in [5, 5.41) is 3.65. The SMILES string of the molecule is CC1Cc2ccccc2N1CCNC(=O)c1cc2cc(F)ccc2[nH]1. The first-order chi connectivity index (χ1) is 12.1. The first-order valence-corrected chi connectivity index (χ1v) is 8.53. The summed E-state index contributed by atoms with van der Waals surface area (Å²) in [4.78, 5) is 17.7. The largest absolute Gasteiger partial charge is 0.367 e. The molecule has 2 N–H and O–H groups in total. The standard InChI is InChI=1S/C20H20FN3O/c1-13-10-14-4-2-3-5-19(14)24(13)9-8-22-20(25)18-12-15-11-16(21)6-7-17(15)23-18/h2-7,11-13,23H,8-10H2,1H3,(H,22,25). The van der Waals surface area contributed by atoms with Gasteiger partial charge in [0.15, 0.2) is 0 Å². The maximum Gasteiger partial charge on any atom is 0.267 e. The highest BCUT2D eigenvalue weighted by atomic mass is 19.1. The number of aromatic nitrogens is 1. The van der Waals surface area contributed by atoms with E-state index in [4.69, 9.17) is 0 Å². The van der Waals surface area contributed by atoms with Crippen molar-refractivity contribution in [1.29, 1.82) is 0 Å². The molecule has 0 bridgehead atoms. The van der Waals surface area contributed by atoms with Crippen molar-refractivity contribution in [2.24, 2.45) is 0 Å². The van der Waals surface area contributed by atoms with Crippen molar-refractivity contribution in [2.45, 2.75) is 19.4 Å². The van der Waals surface area contributed by atoms with Gasteiger partial charge in [-0.1, -0.05) is 18.2 Å². The summed E-state index contributed by atoms with van der Waals surface area (Å²) >= 11 is 0. The molecular formula is C20H20FN3O. The number of halogens is 1. The van der Waals surface area contributed by atoms with Crippen molar-refractivity contribution in [3.63, 3.8) is 0 Å². The van der Waals surface area contributed by atoms with Gasteiger partial charge in [0.1, 0.15) is 11.5 Å². The first kappa shape index (κ1) is 15.7. The number of anilines is 1. The van der Waals surface area contributed by atoms with Gasteiger partial charge in [0.05, 0.1) is 0 Å². The lowest BCUT2D eigenvalue weighted by Gasteiger charge is -2.24. The molecule has 5 heteroatoms. The predicted octanol–water partition coefficient (Wildman–Crippen LogP) is 3.49. The van der Waals surface area contributed by atoms with Crippen molar-refractivity contribution in [1.82, 2.24) is 10.3 Å². The van der Waals surface area contributed by atoms with E-state index in [1.54, 1.807) is 12.1 Å². The molecular weight excluding hydrogens is 317 g/mol. The van der Waals surface area contributed by atoms with Crippen LogP contribution in [0.4, 0.5) is 10.1 Å². The van der Waals surface area contributed by atoms with E-state index in [1.165, 1.54) is 23.4 Å². The lowest BCUT2D eigenvalue weighted by Crippen LogP contribution is -2.37. The van der Waals surface area contributed by atoms with Crippen molar-refractivity contribution in [3.05, 3.63) is 65.6 Å². The summed E-state index contributed by atoms with van der Waals surface area (Å²) in [6.45, 7) is 3.52. The fourth-order valence-electron chi connectivity index (χ4n) is 3.58. The molecule has 1 unspecified atom stereocenters. The molecule has 4 rings (SSSR count). The number of nitrogens with zero attached hydrogens (tertiary/aromatic N) is 1. The van der Waals surface area contributed by atoms with Crippen molar-refractivity contribution in [2.75, 3.05) is 18.0 Å². The van der Waals surface area contributed by atoms with Gasteiger partial charge in [0.2, 0.25) is 0 Å². The number of carbonyl (C=O) groups excluding carboxylic acids is 1. The van der Waals surface area contributed by atoms with Crippen LogP contribution in [-0.2, 0) is 6.42 Å². The molecule has 0 fully saturated rings. The molecule has 0 spiro atoms. The minimum atomic E-state index is -0.305. The number of hydrogen-bond acceptors (Lipinski definition) is 2. The number of benzene rings is 2. The number of rotatable bonds is 4. The predicted molar refractivity (Wildman–Crippen MR) is 97.5 cm³/mol. The molecule has 2 aromatic carbocycles. The third-order valence-corrected chi connectivity index (χ3v) is 4.81. The Hall–Kier alpha value is -2.82. The molecule has 25 heavy (non-hydrogen) atoms. The fourth-order valence-corrected chi connectivity index (χ4v) is 3.58. The van der Waals surface area contributed by atoms with Gasteiger partial charge in [-0.2, -0.15) is 0 Å². The van der Waals surface area contributed by atoms with Crippen LogP contribution in [0.1, 0.15) is 23.0 Å². The summed E-state index contributed by atoms with van der Waals surface area (Å²) in [5.74, 6) is -0.475. The minimum absolute atomic E-state index is 0.170. The maximum atomic E-state index is 13.3. The maximum absolute atomic E-state index is 13.3. The van der Waals surface area contributed by atoms with E-state index in [-0.39, 0.29) is 11.7 Å². The Balaban J connectivity index is 1.40. The Labute approximate surface area is 145 Å². The Bertz CT molecular complexity index is 934. The third kappa shape index (κ3) is 2.97. The van der Waals surface area contributed by atoms with Crippen LogP contribution < -0.4 is 10.2 Å². The molecule has 1 amide bonds. The number of hydrogen-bond donors (Lipinski definition) is 2. The van der Waals surface area contributed by atoms with E-state index in [0.29, 0.717) is 23.7 Å². The molecule has 1 atom stereocenters. The highest BCUT2D eigenvalue weighted by Crippen LogP contribution is 2.31. The van der Waals surface area contributed by atoms with E-state index < -0.39 is 0 Å². The van der Waals surface area contributed by atoms with Crippen LogP contribution in [0.2, 0.25) is 0 Å². The first-order valence-electron chi connectivity index (χ1n) is 8.53. The number of carbonyl (C=O) groups is 1. The second-order valence-corrected chi connectivity index (χ2v) is 6.55. The summed E-state index contributed by atoms with van der Waals surface area (Å²) in [5.41, 5.74) is 3.83. The zero-order chi connectivity index (χ0) is 17.4. The summed E-state index contributed by atoms with van der Waals surface area (Å²) in [6, 6.07) is 15.0. The summed E-state index contributed by atoms with van der Waals surface area (Å²) in [7, 11) is 0. The Morgan fingerprint density at radius 2 is 2.12 bits per heavy atom. The molecule has 3 aromatic rings. The second kappa shape index (κ2) is 6.24. The van der Waals surface area contributed by atoms with E-state index in [9.17, 15) is 9.18 Å². The van der Waals surface area contributed by atoms with Crippen LogP contribution in [0, 0.1) is 5.82 Å². The van der Waals surface area contributed by atoms with Gasteiger partial charge in [-0.05, 0) is 49.2 Å². The van der Waals surface area contributed by atoms with Gasteiger partial charge < -0.3 is 15.2 Å². The zero-order valence-corrected chi connectivity index (χ0v) is 14.1. The van der Waals surface area contributed by atoms with Crippen LogP contribution in [0.15, 0.2) is 48.5 Å². The number of fused-ring (bicyclic) bond motifs is 2. The summed E-state index contributed by atoms with van der Waals surface area (Å²) < 4.78 is 13.3. The minimum Gasteiger partial charge on any atom is -0.367 e. The average molecular weight is 337 g/mol. The zero-order valence-electron chi connectivity index (χ0n) is 14.1. The molecule has 0 radical (unpaired) electrons. The van der Waals surface area contributed by atoms with Gasteiger partial charge in [-0.3, -0.25) is 4.79 Å². The number of amides is 1. The van der Waals surface area contributed by atoms with Crippen LogP contribution in [0.5, 0.6) is 0 Å². The van der Waals surface area contributed by atoms with E-state index in [1.807, 2.05) is 6.07 Å². The van der Waals surface area contributed by atoms with E-state index in [2.05, 4.69) is 40.3 Å². The van der Waals surface area contributed by atoms with Crippen LogP contribution in [0.3, 0.4) is 0 Å². The molecule has 1 aliphatic heterocycles. The van der Waals surface area contributed by atoms with Crippen molar-refractivity contribution in [3.8, 4) is 0 Å². The lowest BCUT2D eigenvalue weighted by atomic mass is 10.1. The topological polar surface area (TPSA) is 48.1 Å². The van der Waals surface area contributed by atoms with Gasteiger partial charge in [-0.25, -0.2) is 4.39 Å². The molecule has 128 valence electrons. The second-order valence-electron chi connectivity index (χ2n) is 6.55. The molecule has 1 aliphatic rings. The smallest absolute Gasteiger partial charge is 0.267 e. The van der Waals surface area contributed by atoms with E-state index in [0.717, 1.165) is 18.5 Å². The molecule has 0 saturated carbocycles. The number of nitrogens with one attached hydrogen (secondary N) is 2. The Morgan fingerprint density at radius 1 is 1.28 bits per heavy atom. The highest BCUT2D eigenvalue weighted by molar-refractivity contribution is 5.98. The van der Waals surface area contributed by atoms with Crippen molar-refractivity contribution >= 4 is 22.5 Å². The average Bonchev–Trinajstić information content (AvgIpc) is 3.15. The summed E-state index contributed by atoms with van der Waals surface area (Å²) in [6.07, 6.45) is 1.04. The van der Waals surface area contributed by atoms with Crippen LogP contribution in [-0.4, -0.2) is 30.0 Å². The van der Waals surface area contributed by atoms with Gasteiger partial charge in [0, 0.05) is 35.7 Å². The van der Waals surface area contributed by atoms with Gasteiger partial charge in [0.25, 0.3) is 5.91 Å². The van der Waals surface area contributed by atoms with Gasteiger partial charge >= 0.3 is 0 Å². The molecule has 4 nitrogen and oxygen atoms in total. The molecule has 0 aliphatic carbocycles. The fraction of sp³-hybridized carbons (Fsp3) is 0.250. The molecule has 1 aromatic heterocycles. The van der Waals surface area contributed by atoms with E-state index >= 15 is 0 Å². The Morgan fingerprint density at radius 3 is 3.00 bits per heavy atom. The molecule has 2 heterocycles. The number of H-pyrrole nitrogens is 1. The van der Waals surface area contributed by atoms with Crippen molar-refractivity contribution < 1.29 is 9.18 Å². The number of para-hydroxylation sites is 1. The normalized spacial score (nSPS) is 16.2. The highest BCUT2D eigenvalue weighted by Gasteiger charge is 2.24. The van der Waals surface area contributed by atoms with Crippen LogP contribution >= 0.6 is 0 Å². The molecule has 0 saturated heterocycles. The quantitative estimate of drug-likeness (QED) is 0.766. The lowest BCUT2D eigenvalue weighted by molar-refractivity contribution is 0.0950. The number of aromatic amines is 1. The van der Waals surface area contributed by atoms with Gasteiger partial charge in [-0.15, -0.1) is 0 Å². The monoisotopic (exact) mass is 337 g/mol.